The van der Waals surface area contributed by atoms with Crippen LogP contribution in [0.15, 0.2) is 53.7 Å². The van der Waals surface area contributed by atoms with Crippen LogP contribution in [-0.2, 0) is 9.53 Å². The summed E-state index contributed by atoms with van der Waals surface area (Å²) in [5.74, 6) is 1.68. The minimum atomic E-state index is -0.302. The minimum Gasteiger partial charge on any atom is -0.450 e. The van der Waals surface area contributed by atoms with Crippen LogP contribution < -0.4 is 0 Å². The van der Waals surface area contributed by atoms with Gasteiger partial charge in [0.2, 0.25) is 5.91 Å². The Kier molecular flexibility index (Phi) is 8.64. The number of hydrogen-bond acceptors (Lipinski definition) is 6. The van der Waals surface area contributed by atoms with E-state index in [4.69, 9.17) is 4.74 Å². The predicted octanol–water partition coefficient (Wildman–Crippen LogP) is 4.72. The van der Waals surface area contributed by atoms with Gasteiger partial charge in [0.25, 0.3) is 0 Å². The lowest BCUT2D eigenvalue weighted by molar-refractivity contribution is -0.132. The first-order chi connectivity index (χ1) is 17.5. The summed E-state index contributed by atoms with van der Waals surface area (Å²) < 4.78 is 7.14. The van der Waals surface area contributed by atoms with Crippen LogP contribution in [0, 0.1) is 13.8 Å². The number of amides is 2. The Bertz CT molecular complexity index is 1170. The van der Waals surface area contributed by atoms with Crippen molar-refractivity contribution >= 4 is 23.8 Å². The van der Waals surface area contributed by atoms with Crippen LogP contribution in [0.5, 0.6) is 0 Å². The van der Waals surface area contributed by atoms with Crippen LogP contribution in [0.4, 0.5) is 4.79 Å². The number of carbonyl (C=O) groups is 2. The van der Waals surface area contributed by atoms with Crippen LogP contribution in [0.3, 0.4) is 0 Å². The lowest BCUT2D eigenvalue weighted by Crippen LogP contribution is -2.50. The molecule has 0 atom stereocenters. The first-order valence-corrected chi connectivity index (χ1v) is 13.4. The largest absolute Gasteiger partial charge is 0.450 e. The molecule has 0 saturated carbocycles. The van der Waals surface area contributed by atoms with Crippen LogP contribution in [0.25, 0.3) is 17.1 Å². The Morgan fingerprint density at radius 1 is 0.889 bits per heavy atom. The number of thioether (sulfide) groups is 1. The maximum absolute atomic E-state index is 12.7. The molecule has 2 amide bonds. The molecule has 0 spiro atoms. The predicted molar refractivity (Wildman–Crippen MR) is 141 cm³/mol. The van der Waals surface area contributed by atoms with Gasteiger partial charge in [0.05, 0.1) is 6.61 Å². The van der Waals surface area contributed by atoms with Gasteiger partial charge in [-0.2, -0.15) is 0 Å². The average Bonchev–Trinajstić information content (AvgIpc) is 3.31. The summed E-state index contributed by atoms with van der Waals surface area (Å²) in [6, 6.07) is 16.6. The highest BCUT2D eigenvalue weighted by Crippen LogP contribution is 2.29. The normalized spacial score (nSPS) is 13.6. The smallest absolute Gasteiger partial charge is 0.409 e. The lowest BCUT2D eigenvalue weighted by atomic mass is 10.1. The third-order valence-corrected chi connectivity index (χ3v) is 7.18. The second-order valence-electron chi connectivity index (χ2n) is 8.86. The van der Waals surface area contributed by atoms with Crippen LogP contribution >= 0.6 is 11.8 Å². The molecule has 0 aliphatic carbocycles. The summed E-state index contributed by atoms with van der Waals surface area (Å²) in [5.41, 5.74) is 4.41. The molecule has 190 valence electrons. The first kappa shape index (κ1) is 25.8. The summed E-state index contributed by atoms with van der Waals surface area (Å²) >= 11 is 1.61. The molecule has 0 radical (unpaired) electrons. The molecule has 0 N–H and O–H groups in total. The van der Waals surface area contributed by atoms with E-state index in [0.717, 1.165) is 34.4 Å². The topological polar surface area (TPSA) is 80.6 Å². The van der Waals surface area contributed by atoms with Gasteiger partial charge in [-0.3, -0.25) is 9.36 Å². The molecule has 0 unspecified atom stereocenters. The number of aryl methyl sites for hydroxylation is 2. The van der Waals surface area contributed by atoms with Crippen LogP contribution in [0.2, 0.25) is 0 Å². The molecule has 1 fully saturated rings. The standard InChI is InChI=1S/C27H33N5O3S/c1-4-35-27(34)31-17-15-30(16-18-31)24(33)6-5-19-36-26-29-28-25(22-11-7-20(2)8-12-22)32(26)23-13-9-21(3)10-14-23/h7-14H,4-6,15-19H2,1-3H3. The summed E-state index contributed by atoms with van der Waals surface area (Å²) in [4.78, 5) is 28.1. The van der Waals surface area contributed by atoms with Crippen molar-refractivity contribution in [2.24, 2.45) is 0 Å². The van der Waals surface area contributed by atoms with E-state index in [9.17, 15) is 9.59 Å². The number of benzene rings is 2. The van der Waals surface area contributed by atoms with Gasteiger partial charge in [0, 0.05) is 49.6 Å². The minimum absolute atomic E-state index is 0.124. The molecule has 9 heteroatoms. The second kappa shape index (κ2) is 12.1. The fraction of sp³-hybridized carbons (Fsp3) is 0.407. The van der Waals surface area contributed by atoms with E-state index in [0.29, 0.717) is 39.2 Å². The van der Waals surface area contributed by atoms with Gasteiger partial charge in [0.1, 0.15) is 0 Å². The van der Waals surface area contributed by atoms with Gasteiger partial charge in [-0.15, -0.1) is 10.2 Å². The zero-order chi connectivity index (χ0) is 25.5. The number of rotatable bonds is 8. The molecule has 1 aliphatic heterocycles. The number of nitrogens with zero attached hydrogens (tertiary/aromatic N) is 5. The van der Waals surface area contributed by atoms with Gasteiger partial charge in [-0.1, -0.05) is 59.3 Å². The molecular weight excluding hydrogens is 474 g/mol. The van der Waals surface area contributed by atoms with E-state index in [1.165, 1.54) is 11.1 Å². The SMILES string of the molecule is CCOC(=O)N1CCN(C(=O)CCCSc2nnc(-c3ccc(C)cc3)n2-c2ccc(C)cc2)CC1. The Morgan fingerprint density at radius 2 is 1.50 bits per heavy atom. The summed E-state index contributed by atoms with van der Waals surface area (Å²) in [7, 11) is 0. The van der Waals surface area contributed by atoms with Gasteiger partial charge in [0.15, 0.2) is 11.0 Å². The molecule has 0 bridgehead atoms. The molecule has 2 aromatic carbocycles. The molecule has 2 heterocycles. The zero-order valence-electron chi connectivity index (χ0n) is 21.1. The summed E-state index contributed by atoms with van der Waals surface area (Å²) in [6.07, 6.45) is 0.904. The first-order valence-electron chi connectivity index (χ1n) is 12.4. The van der Waals surface area contributed by atoms with Crippen molar-refractivity contribution in [1.29, 1.82) is 0 Å². The lowest BCUT2D eigenvalue weighted by Gasteiger charge is -2.34. The highest BCUT2D eigenvalue weighted by molar-refractivity contribution is 7.99. The molecule has 8 nitrogen and oxygen atoms in total. The monoisotopic (exact) mass is 507 g/mol. The van der Waals surface area contributed by atoms with Crippen LogP contribution in [0.1, 0.15) is 30.9 Å². The second-order valence-corrected chi connectivity index (χ2v) is 9.92. The van der Waals surface area contributed by atoms with E-state index >= 15 is 0 Å². The number of piperazine rings is 1. The van der Waals surface area contributed by atoms with Crippen molar-refractivity contribution in [3.05, 3.63) is 59.7 Å². The van der Waals surface area contributed by atoms with Crippen molar-refractivity contribution in [1.82, 2.24) is 24.6 Å². The van der Waals surface area contributed by atoms with E-state index in [-0.39, 0.29) is 12.0 Å². The highest BCUT2D eigenvalue weighted by Gasteiger charge is 2.24. The highest BCUT2D eigenvalue weighted by atomic mass is 32.2. The molecule has 36 heavy (non-hydrogen) atoms. The van der Waals surface area contributed by atoms with Gasteiger partial charge in [-0.05, 0) is 39.3 Å². The molecule has 4 rings (SSSR count). The molecular formula is C27H33N5O3S. The van der Waals surface area contributed by atoms with E-state index in [1.54, 1.807) is 23.6 Å². The van der Waals surface area contributed by atoms with E-state index in [2.05, 4.69) is 77.1 Å². The Hall–Kier alpha value is -3.33. The Morgan fingerprint density at radius 3 is 2.14 bits per heavy atom. The number of carbonyl (C=O) groups excluding carboxylic acids is 2. The average molecular weight is 508 g/mol. The fourth-order valence-electron chi connectivity index (χ4n) is 4.08. The van der Waals surface area contributed by atoms with E-state index in [1.807, 2.05) is 4.90 Å². The number of aromatic nitrogens is 3. The Balaban J connectivity index is 1.36. The molecule has 1 aliphatic rings. The van der Waals surface area contributed by atoms with Gasteiger partial charge < -0.3 is 14.5 Å². The van der Waals surface area contributed by atoms with Gasteiger partial charge >= 0.3 is 6.09 Å². The maximum Gasteiger partial charge on any atom is 0.409 e. The third kappa shape index (κ3) is 6.26. The van der Waals surface area contributed by atoms with Crippen molar-refractivity contribution in [3.8, 4) is 17.1 Å². The van der Waals surface area contributed by atoms with Crippen molar-refractivity contribution in [2.45, 2.75) is 38.8 Å². The van der Waals surface area contributed by atoms with Crippen molar-refractivity contribution in [2.75, 3.05) is 38.5 Å². The zero-order valence-corrected chi connectivity index (χ0v) is 22.0. The van der Waals surface area contributed by atoms with Crippen molar-refractivity contribution in [3.63, 3.8) is 0 Å². The van der Waals surface area contributed by atoms with Gasteiger partial charge in [-0.25, -0.2) is 4.79 Å². The van der Waals surface area contributed by atoms with Crippen molar-refractivity contribution < 1.29 is 14.3 Å². The molecule has 3 aromatic rings. The summed E-state index contributed by atoms with van der Waals surface area (Å²) in [6.45, 7) is 8.42. The Labute approximate surface area is 216 Å². The quantitative estimate of drug-likeness (QED) is 0.324. The molecule has 1 aromatic heterocycles. The number of ether oxygens (including phenoxy) is 1. The molecule has 1 saturated heterocycles. The van der Waals surface area contributed by atoms with E-state index < -0.39 is 0 Å². The third-order valence-electron chi connectivity index (χ3n) is 6.16. The van der Waals surface area contributed by atoms with Crippen LogP contribution in [-0.4, -0.2) is 75.1 Å². The maximum atomic E-state index is 12.7. The number of hydrogen-bond donors (Lipinski definition) is 0. The fourth-order valence-corrected chi connectivity index (χ4v) is 4.97. The summed E-state index contributed by atoms with van der Waals surface area (Å²) in [5, 5.41) is 9.81.